The minimum Gasteiger partial charge on any atom is -0.404 e. The van der Waals surface area contributed by atoms with Gasteiger partial charge < -0.3 is 9.30 Å². The molecule has 3 rings (SSSR count). The van der Waals surface area contributed by atoms with Crippen LogP contribution < -0.4 is 4.74 Å². The van der Waals surface area contributed by atoms with E-state index in [1.165, 1.54) is 18.5 Å². The lowest BCUT2D eigenvalue weighted by Gasteiger charge is -2.13. The predicted octanol–water partition coefficient (Wildman–Crippen LogP) is 3.74. The van der Waals surface area contributed by atoms with Gasteiger partial charge in [0.25, 0.3) is 0 Å². The van der Waals surface area contributed by atoms with Crippen LogP contribution in [0.5, 0.6) is 5.75 Å². The standard InChI is InChI=1S/C16H12F6N4O3S/c1-3-30(27,28)11-4-8(29-16(20,21)22)6-24-13(11)14-25-9-5-12(15(17,18)19)23-7-10(9)26(14)2/h4-7H,3H2,1-2H3. The van der Waals surface area contributed by atoms with Gasteiger partial charge in [-0.05, 0) is 6.07 Å². The van der Waals surface area contributed by atoms with Gasteiger partial charge in [0.2, 0.25) is 0 Å². The summed E-state index contributed by atoms with van der Waals surface area (Å²) in [5.41, 5.74) is -1.55. The fourth-order valence-corrected chi connectivity index (χ4v) is 3.68. The zero-order valence-electron chi connectivity index (χ0n) is 15.2. The smallest absolute Gasteiger partial charge is 0.404 e. The second kappa shape index (κ2) is 7.11. The molecule has 3 aromatic heterocycles. The van der Waals surface area contributed by atoms with Gasteiger partial charge >= 0.3 is 12.5 Å². The summed E-state index contributed by atoms with van der Waals surface area (Å²) in [5.74, 6) is -1.50. The quantitative estimate of drug-likeness (QED) is 0.559. The molecule has 30 heavy (non-hydrogen) atoms. The van der Waals surface area contributed by atoms with Gasteiger partial charge in [0.15, 0.2) is 15.7 Å². The molecule has 162 valence electrons. The molecule has 0 N–H and O–H groups in total. The molecule has 0 saturated heterocycles. The number of fused-ring (bicyclic) bond motifs is 1. The second-order valence-corrected chi connectivity index (χ2v) is 8.27. The van der Waals surface area contributed by atoms with E-state index in [0.29, 0.717) is 18.3 Å². The lowest BCUT2D eigenvalue weighted by molar-refractivity contribution is -0.274. The Balaban J connectivity index is 2.24. The maximum Gasteiger partial charge on any atom is 0.573 e. The summed E-state index contributed by atoms with van der Waals surface area (Å²) < 4.78 is 106. The molecular weight excluding hydrogens is 442 g/mol. The topological polar surface area (TPSA) is 87.0 Å². The number of nitrogens with zero attached hydrogens (tertiary/aromatic N) is 4. The van der Waals surface area contributed by atoms with E-state index in [4.69, 9.17) is 0 Å². The van der Waals surface area contributed by atoms with E-state index in [1.807, 2.05) is 0 Å². The van der Waals surface area contributed by atoms with Gasteiger partial charge in [-0.2, -0.15) is 13.2 Å². The summed E-state index contributed by atoms with van der Waals surface area (Å²) in [4.78, 5) is 10.5. The maximum absolute atomic E-state index is 12.9. The van der Waals surface area contributed by atoms with E-state index >= 15 is 0 Å². The Labute approximate surface area is 165 Å². The third kappa shape index (κ3) is 4.17. The summed E-state index contributed by atoms with van der Waals surface area (Å²) in [6.45, 7) is 1.27. The number of sulfone groups is 1. The minimum atomic E-state index is -5.08. The Morgan fingerprint density at radius 1 is 1.07 bits per heavy atom. The number of halogens is 6. The zero-order chi connectivity index (χ0) is 22.5. The van der Waals surface area contributed by atoms with Crippen molar-refractivity contribution in [1.82, 2.24) is 19.5 Å². The first-order valence-corrected chi connectivity index (χ1v) is 9.76. The molecule has 7 nitrogen and oxygen atoms in total. The number of aryl methyl sites for hydroxylation is 1. The first kappa shape index (κ1) is 21.8. The highest BCUT2D eigenvalue weighted by Crippen LogP contribution is 2.34. The van der Waals surface area contributed by atoms with Gasteiger partial charge in [-0.3, -0.25) is 0 Å². The van der Waals surface area contributed by atoms with Crippen LogP contribution in [0.15, 0.2) is 29.4 Å². The van der Waals surface area contributed by atoms with E-state index in [-0.39, 0.29) is 22.6 Å². The van der Waals surface area contributed by atoms with Crippen molar-refractivity contribution < 1.29 is 39.5 Å². The van der Waals surface area contributed by atoms with E-state index < -0.39 is 44.5 Å². The highest BCUT2D eigenvalue weighted by Gasteiger charge is 2.34. The lowest BCUT2D eigenvalue weighted by Crippen LogP contribution is -2.18. The summed E-state index contributed by atoms with van der Waals surface area (Å²) in [7, 11) is -2.72. The number of aromatic nitrogens is 4. The summed E-state index contributed by atoms with van der Waals surface area (Å²) in [5, 5.41) is 0. The zero-order valence-corrected chi connectivity index (χ0v) is 16.0. The van der Waals surface area contributed by atoms with Gasteiger partial charge in [-0.1, -0.05) is 6.92 Å². The van der Waals surface area contributed by atoms with Crippen LogP contribution in [0.3, 0.4) is 0 Å². The molecule has 0 aromatic carbocycles. The number of pyridine rings is 2. The number of ether oxygens (including phenoxy) is 1. The van der Waals surface area contributed by atoms with Crippen molar-refractivity contribution in [1.29, 1.82) is 0 Å². The van der Waals surface area contributed by atoms with Crippen LogP contribution in [0.2, 0.25) is 0 Å². The lowest BCUT2D eigenvalue weighted by atomic mass is 10.3. The molecule has 14 heteroatoms. The van der Waals surface area contributed by atoms with Crippen LogP contribution in [0.4, 0.5) is 26.3 Å². The highest BCUT2D eigenvalue weighted by atomic mass is 32.2. The van der Waals surface area contributed by atoms with Gasteiger partial charge in [0.05, 0.1) is 29.2 Å². The molecule has 0 saturated carbocycles. The molecular formula is C16H12F6N4O3S. The van der Waals surface area contributed by atoms with Gasteiger partial charge in [-0.15, -0.1) is 13.2 Å². The number of rotatable bonds is 4. The van der Waals surface area contributed by atoms with E-state index in [1.54, 1.807) is 0 Å². The Kier molecular flexibility index (Phi) is 5.16. The fourth-order valence-electron chi connectivity index (χ4n) is 2.63. The first-order valence-electron chi connectivity index (χ1n) is 8.11. The first-order chi connectivity index (χ1) is 13.7. The predicted molar refractivity (Wildman–Crippen MR) is 91.2 cm³/mol. The molecule has 0 radical (unpaired) electrons. The highest BCUT2D eigenvalue weighted by molar-refractivity contribution is 7.91. The van der Waals surface area contributed by atoms with Gasteiger partial charge in [0.1, 0.15) is 22.0 Å². The molecule has 0 unspecified atom stereocenters. The Morgan fingerprint density at radius 2 is 1.73 bits per heavy atom. The number of imidazole rings is 1. The molecule has 3 aromatic rings. The van der Waals surface area contributed by atoms with Crippen LogP contribution >= 0.6 is 0 Å². The minimum absolute atomic E-state index is 0.135. The molecule has 0 bridgehead atoms. The van der Waals surface area contributed by atoms with Gasteiger partial charge in [0, 0.05) is 13.1 Å². The van der Waals surface area contributed by atoms with E-state index in [0.717, 1.165) is 6.20 Å². The number of hydrogen-bond acceptors (Lipinski definition) is 6. The van der Waals surface area contributed by atoms with Crippen LogP contribution in [-0.4, -0.2) is 40.1 Å². The number of alkyl halides is 6. The molecule has 0 amide bonds. The van der Waals surface area contributed by atoms with E-state index in [2.05, 4.69) is 19.7 Å². The van der Waals surface area contributed by atoms with Crippen LogP contribution in [0, 0.1) is 0 Å². The maximum atomic E-state index is 12.9. The van der Waals surface area contributed by atoms with Crippen molar-refractivity contribution in [3.05, 3.63) is 30.2 Å². The molecule has 0 aliphatic heterocycles. The van der Waals surface area contributed by atoms with Crippen molar-refractivity contribution in [2.24, 2.45) is 7.05 Å². The van der Waals surface area contributed by atoms with Crippen LogP contribution in [0.25, 0.3) is 22.6 Å². The Bertz CT molecular complexity index is 1220. The fraction of sp³-hybridized carbons (Fsp3) is 0.312. The molecule has 3 heterocycles. The third-order valence-electron chi connectivity index (χ3n) is 4.05. The van der Waals surface area contributed by atoms with Gasteiger partial charge in [-0.25, -0.2) is 23.4 Å². The molecule has 0 atom stereocenters. The van der Waals surface area contributed by atoms with E-state index in [9.17, 15) is 34.8 Å². The van der Waals surface area contributed by atoms with Crippen molar-refractivity contribution in [3.8, 4) is 17.3 Å². The third-order valence-corrected chi connectivity index (χ3v) is 5.79. The largest absolute Gasteiger partial charge is 0.573 e. The average Bonchev–Trinajstić information content (AvgIpc) is 2.96. The molecule has 0 aliphatic carbocycles. The van der Waals surface area contributed by atoms with Crippen LogP contribution in [-0.2, 0) is 23.1 Å². The Morgan fingerprint density at radius 3 is 2.30 bits per heavy atom. The average molecular weight is 454 g/mol. The molecule has 0 fully saturated rings. The summed E-state index contributed by atoms with van der Waals surface area (Å²) in [6, 6.07) is 1.32. The Hall–Kier alpha value is -2.90. The molecule has 0 aliphatic rings. The summed E-state index contributed by atoms with van der Waals surface area (Å²) in [6.07, 6.45) is -8.24. The number of hydrogen-bond donors (Lipinski definition) is 0. The SMILES string of the molecule is CCS(=O)(=O)c1cc(OC(F)(F)F)cnc1-c1nc2cc(C(F)(F)F)ncc2n1C. The van der Waals surface area contributed by atoms with Crippen molar-refractivity contribution in [2.75, 3.05) is 5.75 Å². The van der Waals surface area contributed by atoms with Crippen LogP contribution in [0.1, 0.15) is 12.6 Å². The van der Waals surface area contributed by atoms with Crippen molar-refractivity contribution in [3.63, 3.8) is 0 Å². The normalized spacial score (nSPS) is 13.1. The van der Waals surface area contributed by atoms with Crippen molar-refractivity contribution in [2.45, 2.75) is 24.4 Å². The van der Waals surface area contributed by atoms with Crippen molar-refractivity contribution >= 4 is 20.9 Å². The summed E-state index contributed by atoms with van der Waals surface area (Å²) >= 11 is 0. The monoisotopic (exact) mass is 454 g/mol. The molecule has 0 spiro atoms. The second-order valence-electron chi connectivity index (χ2n) is 6.02.